The van der Waals surface area contributed by atoms with Crippen LogP contribution < -0.4 is 5.73 Å². The van der Waals surface area contributed by atoms with Gasteiger partial charge in [-0.05, 0) is 13.0 Å². The van der Waals surface area contributed by atoms with E-state index in [1.54, 1.807) is 10.9 Å². The molecule has 3 rings (SSSR count). The van der Waals surface area contributed by atoms with E-state index in [-0.39, 0.29) is 6.04 Å². The molecule has 3 aromatic heterocycles. The summed E-state index contributed by atoms with van der Waals surface area (Å²) >= 11 is 0. The second-order valence-corrected chi connectivity index (χ2v) is 4.19. The van der Waals surface area contributed by atoms with Crippen LogP contribution in [0, 0.1) is 0 Å². The van der Waals surface area contributed by atoms with Gasteiger partial charge in [-0.2, -0.15) is 0 Å². The van der Waals surface area contributed by atoms with Gasteiger partial charge in [0.05, 0.1) is 24.1 Å². The van der Waals surface area contributed by atoms with Crippen molar-refractivity contribution >= 4 is 5.78 Å². The number of rotatable bonds is 3. The Kier molecular flexibility index (Phi) is 2.52. The molecule has 2 N–H and O–H groups in total. The molecule has 0 aliphatic heterocycles. The van der Waals surface area contributed by atoms with Crippen LogP contribution in [0.2, 0.25) is 0 Å². The lowest BCUT2D eigenvalue weighted by molar-refractivity contribution is 0.640. The second kappa shape index (κ2) is 4.19. The maximum atomic E-state index is 5.74. The fraction of sp³-hybridized carbons (Fsp3) is 0.273. The molecule has 0 aromatic carbocycles. The Bertz CT molecular complexity index is 634. The summed E-state index contributed by atoms with van der Waals surface area (Å²) < 4.78 is 3.60. The molecule has 18 heavy (non-hydrogen) atoms. The van der Waals surface area contributed by atoms with Crippen LogP contribution in [0.25, 0.3) is 5.78 Å². The van der Waals surface area contributed by atoms with Gasteiger partial charge in [0.25, 0.3) is 0 Å². The van der Waals surface area contributed by atoms with E-state index in [9.17, 15) is 0 Å². The highest BCUT2D eigenvalue weighted by Gasteiger charge is 2.07. The highest BCUT2D eigenvalue weighted by molar-refractivity contribution is 5.29. The van der Waals surface area contributed by atoms with Crippen molar-refractivity contribution in [3.05, 3.63) is 42.2 Å². The van der Waals surface area contributed by atoms with Gasteiger partial charge in [-0.25, -0.2) is 14.6 Å². The molecular formula is C11H13N7. The van der Waals surface area contributed by atoms with Gasteiger partial charge in [-0.3, -0.25) is 4.40 Å². The normalized spacial score (nSPS) is 13.0. The Morgan fingerprint density at radius 3 is 3.00 bits per heavy atom. The van der Waals surface area contributed by atoms with Crippen molar-refractivity contribution in [2.75, 3.05) is 0 Å². The maximum absolute atomic E-state index is 5.74. The summed E-state index contributed by atoms with van der Waals surface area (Å²) in [5.74, 6) is 0.681. The van der Waals surface area contributed by atoms with Crippen LogP contribution in [0.3, 0.4) is 0 Å². The summed E-state index contributed by atoms with van der Waals surface area (Å²) in [6, 6.07) is 1.75. The van der Waals surface area contributed by atoms with Crippen LogP contribution in [0.5, 0.6) is 0 Å². The van der Waals surface area contributed by atoms with E-state index in [4.69, 9.17) is 5.73 Å². The van der Waals surface area contributed by atoms with E-state index in [0.29, 0.717) is 12.3 Å². The first-order valence-electron chi connectivity index (χ1n) is 5.66. The van der Waals surface area contributed by atoms with Crippen LogP contribution in [-0.2, 0) is 6.54 Å². The van der Waals surface area contributed by atoms with Gasteiger partial charge >= 0.3 is 0 Å². The third kappa shape index (κ3) is 1.95. The largest absolute Gasteiger partial charge is 0.323 e. The van der Waals surface area contributed by atoms with Gasteiger partial charge in [0.2, 0.25) is 5.78 Å². The number of fused-ring (bicyclic) bond motifs is 1. The zero-order valence-electron chi connectivity index (χ0n) is 9.93. The lowest BCUT2D eigenvalue weighted by Crippen LogP contribution is -2.05. The van der Waals surface area contributed by atoms with E-state index >= 15 is 0 Å². The van der Waals surface area contributed by atoms with Gasteiger partial charge in [-0.1, -0.05) is 5.21 Å². The molecule has 7 nitrogen and oxygen atoms in total. The first kappa shape index (κ1) is 10.8. The zero-order chi connectivity index (χ0) is 12.5. The molecule has 3 heterocycles. The van der Waals surface area contributed by atoms with Gasteiger partial charge in [-0.15, -0.1) is 5.10 Å². The number of aromatic nitrogens is 6. The Labute approximate surface area is 103 Å². The number of nitrogens with zero attached hydrogens (tertiary/aromatic N) is 6. The minimum absolute atomic E-state index is 0.110. The number of hydrogen-bond donors (Lipinski definition) is 1. The minimum atomic E-state index is -0.110. The van der Waals surface area contributed by atoms with Crippen molar-refractivity contribution < 1.29 is 0 Å². The monoisotopic (exact) mass is 243 g/mol. The van der Waals surface area contributed by atoms with Crippen LogP contribution in [0.15, 0.2) is 30.9 Å². The topological polar surface area (TPSA) is 86.9 Å². The molecule has 0 fully saturated rings. The maximum Gasteiger partial charge on any atom is 0.233 e. The van der Waals surface area contributed by atoms with Crippen molar-refractivity contribution in [3.8, 4) is 0 Å². The molecule has 0 spiro atoms. The van der Waals surface area contributed by atoms with E-state index in [2.05, 4.69) is 20.3 Å². The predicted octanol–water partition coefficient (Wildman–Crippen LogP) is 0.389. The summed E-state index contributed by atoms with van der Waals surface area (Å²) in [6.45, 7) is 2.44. The third-order valence-corrected chi connectivity index (χ3v) is 2.63. The van der Waals surface area contributed by atoms with Crippen LogP contribution in [0.4, 0.5) is 0 Å². The highest BCUT2D eigenvalue weighted by Crippen LogP contribution is 2.07. The van der Waals surface area contributed by atoms with Gasteiger partial charge < -0.3 is 5.73 Å². The summed E-state index contributed by atoms with van der Waals surface area (Å²) in [5, 5.41) is 8.02. The fourth-order valence-electron chi connectivity index (χ4n) is 1.72. The van der Waals surface area contributed by atoms with E-state index in [0.717, 1.165) is 11.4 Å². The molecule has 0 aliphatic rings. The molecule has 0 amide bonds. The zero-order valence-corrected chi connectivity index (χ0v) is 9.93. The van der Waals surface area contributed by atoms with Crippen LogP contribution in [-0.4, -0.2) is 29.4 Å². The van der Waals surface area contributed by atoms with Crippen molar-refractivity contribution in [2.45, 2.75) is 19.5 Å². The van der Waals surface area contributed by atoms with E-state index in [1.807, 2.05) is 36.0 Å². The van der Waals surface area contributed by atoms with Crippen molar-refractivity contribution in [1.82, 2.24) is 29.4 Å². The lowest BCUT2D eigenvalue weighted by Gasteiger charge is -1.96. The minimum Gasteiger partial charge on any atom is -0.323 e. The Morgan fingerprint density at radius 2 is 2.28 bits per heavy atom. The molecule has 0 radical (unpaired) electrons. The molecular weight excluding hydrogens is 230 g/mol. The van der Waals surface area contributed by atoms with E-state index < -0.39 is 0 Å². The third-order valence-electron chi connectivity index (χ3n) is 2.63. The van der Waals surface area contributed by atoms with Crippen molar-refractivity contribution in [1.29, 1.82) is 0 Å². The molecule has 0 saturated heterocycles. The average molecular weight is 243 g/mol. The van der Waals surface area contributed by atoms with Crippen LogP contribution >= 0.6 is 0 Å². The smallest absolute Gasteiger partial charge is 0.233 e. The highest BCUT2D eigenvalue weighted by atomic mass is 15.4. The summed E-state index contributed by atoms with van der Waals surface area (Å²) in [6.07, 6.45) is 7.39. The lowest BCUT2D eigenvalue weighted by atomic mass is 10.3. The molecule has 1 unspecified atom stereocenters. The molecule has 92 valence electrons. The molecule has 0 bridgehead atoms. The molecule has 1 atom stereocenters. The molecule has 0 saturated carbocycles. The molecule has 0 aliphatic carbocycles. The number of imidazole rings is 1. The first-order chi connectivity index (χ1) is 8.72. The quantitative estimate of drug-likeness (QED) is 0.719. The fourth-order valence-corrected chi connectivity index (χ4v) is 1.72. The van der Waals surface area contributed by atoms with E-state index in [1.165, 1.54) is 0 Å². The molecule has 7 heteroatoms. The number of hydrogen-bond acceptors (Lipinski definition) is 5. The Hall–Kier alpha value is -2.28. The van der Waals surface area contributed by atoms with Crippen molar-refractivity contribution in [2.24, 2.45) is 5.73 Å². The summed E-state index contributed by atoms with van der Waals surface area (Å²) in [5.41, 5.74) is 7.40. The second-order valence-electron chi connectivity index (χ2n) is 4.19. The van der Waals surface area contributed by atoms with Gasteiger partial charge in [0.1, 0.15) is 0 Å². The van der Waals surface area contributed by atoms with Crippen molar-refractivity contribution in [3.63, 3.8) is 0 Å². The number of nitrogens with two attached hydrogens (primary N) is 1. The Morgan fingerprint density at radius 1 is 1.39 bits per heavy atom. The average Bonchev–Trinajstić information content (AvgIpc) is 2.94. The summed E-state index contributed by atoms with van der Waals surface area (Å²) in [4.78, 5) is 8.56. The van der Waals surface area contributed by atoms with Gasteiger partial charge in [0.15, 0.2) is 0 Å². The van der Waals surface area contributed by atoms with Crippen LogP contribution in [0.1, 0.15) is 24.4 Å². The predicted molar refractivity (Wildman–Crippen MR) is 64.7 cm³/mol. The summed E-state index contributed by atoms with van der Waals surface area (Å²) in [7, 11) is 0. The van der Waals surface area contributed by atoms with Gasteiger partial charge in [0, 0.05) is 24.6 Å². The molecule has 3 aromatic rings. The SMILES string of the molecule is CC(N)c1cn(Cc2cn3cccnc3n2)nn1. The Balaban J connectivity index is 1.86. The first-order valence-corrected chi connectivity index (χ1v) is 5.66. The standard InChI is InChI=1S/C11H13N7/c1-8(12)10-7-18(16-15-10)6-9-5-17-4-2-3-13-11(17)14-9/h2-5,7-8H,6,12H2,1H3.